The average molecular weight is 357 g/mol. The second kappa shape index (κ2) is 8.75. The summed E-state index contributed by atoms with van der Waals surface area (Å²) >= 11 is 0. The Morgan fingerprint density at radius 2 is 1.27 bits per heavy atom. The zero-order valence-corrected chi connectivity index (χ0v) is 14.4. The van der Waals surface area contributed by atoms with Gasteiger partial charge in [0.1, 0.15) is 0 Å². The number of nitro groups is 1. The van der Waals surface area contributed by atoms with Crippen LogP contribution in [0.25, 0.3) is 0 Å². The zero-order chi connectivity index (χ0) is 19.1. The summed E-state index contributed by atoms with van der Waals surface area (Å²) in [6.45, 7) is 0. The first kappa shape index (κ1) is 19.1. The molecule has 2 aromatic carbocycles. The van der Waals surface area contributed by atoms with Crippen LogP contribution in [0.5, 0.6) is 0 Å². The van der Waals surface area contributed by atoms with Crippen LogP contribution in [-0.2, 0) is 19.1 Å². The molecule has 0 aliphatic heterocycles. The molecule has 0 saturated heterocycles. The van der Waals surface area contributed by atoms with E-state index in [9.17, 15) is 19.7 Å². The number of hydrogen-bond acceptors (Lipinski definition) is 6. The summed E-state index contributed by atoms with van der Waals surface area (Å²) < 4.78 is 9.48. The van der Waals surface area contributed by atoms with E-state index in [1.165, 1.54) is 0 Å². The largest absolute Gasteiger partial charge is 0.468 e. The van der Waals surface area contributed by atoms with E-state index in [1.54, 1.807) is 60.7 Å². The van der Waals surface area contributed by atoms with Crippen LogP contribution in [-0.4, -0.2) is 31.1 Å². The molecule has 0 heterocycles. The van der Waals surface area contributed by atoms with E-state index in [1.807, 2.05) is 0 Å². The second-order valence-electron chi connectivity index (χ2n) is 5.60. The first-order chi connectivity index (χ1) is 12.5. The molecule has 0 N–H and O–H groups in total. The van der Waals surface area contributed by atoms with Gasteiger partial charge in [0.2, 0.25) is 6.04 Å². The van der Waals surface area contributed by atoms with Crippen LogP contribution in [0, 0.1) is 16.0 Å². The van der Waals surface area contributed by atoms with Crippen molar-refractivity contribution in [1.82, 2.24) is 0 Å². The highest BCUT2D eigenvalue weighted by molar-refractivity contribution is 5.96. The van der Waals surface area contributed by atoms with Gasteiger partial charge in [0, 0.05) is 10.5 Å². The Bertz CT molecular complexity index is 746. The van der Waals surface area contributed by atoms with Gasteiger partial charge in [-0.3, -0.25) is 19.7 Å². The third-order valence-corrected chi connectivity index (χ3v) is 4.16. The van der Waals surface area contributed by atoms with Gasteiger partial charge in [0.25, 0.3) is 0 Å². The van der Waals surface area contributed by atoms with Crippen molar-refractivity contribution in [1.29, 1.82) is 0 Å². The smallest absolute Gasteiger partial charge is 0.320 e. The molecule has 136 valence electrons. The Labute approximate surface area is 150 Å². The van der Waals surface area contributed by atoms with Gasteiger partial charge in [-0.15, -0.1) is 0 Å². The summed E-state index contributed by atoms with van der Waals surface area (Å²) in [6.07, 6.45) is 0. The number of carbonyl (C=O) groups is 2. The average Bonchev–Trinajstić information content (AvgIpc) is 2.68. The molecular weight excluding hydrogens is 338 g/mol. The molecule has 0 aromatic heterocycles. The predicted molar refractivity (Wildman–Crippen MR) is 92.9 cm³/mol. The van der Waals surface area contributed by atoms with E-state index in [-0.39, 0.29) is 0 Å². The number of hydrogen-bond donors (Lipinski definition) is 0. The van der Waals surface area contributed by atoms with E-state index < -0.39 is 34.7 Å². The van der Waals surface area contributed by atoms with Gasteiger partial charge in [-0.1, -0.05) is 60.7 Å². The molecule has 0 radical (unpaired) electrons. The van der Waals surface area contributed by atoms with E-state index in [0.717, 1.165) is 14.2 Å². The number of carbonyl (C=O) groups excluding carboxylic acids is 2. The highest BCUT2D eigenvalue weighted by Gasteiger charge is 2.48. The number of esters is 2. The first-order valence-electron chi connectivity index (χ1n) is 7.90. The normalized spacial score (nSPS) is 12.9. The third-order valence-electron chi connectivity index (χ3n) is 4.16. The number of nitrogens with zero attached hydrogens (tertiary/aromatic N) is 1. The molecule has 2 atom stereocenters. The molecule has 7 nitrogen and oxygen atoms in total. The molecule has 26 heavy (non-hydrogen) atoms. The predicted octanol–water partition coefficient (Wildman–Crippen LogP) is 2.75. The molecule has 0 spiro atoms. The van der Waals surface area contributed by atoms with Crippen molar-refractivity contribution in [3.05, 3.63) is 81.9 Å². The molecule has 0 aliphatic carbocycles. The Kier molecular flexibility index (Phi) is 6.43. The van der Waals surface area contributed by atoms with E-state index >= 15 is 0 Å². The molecule has 2 rings (SSSR count). The third kappa shape index (κ3) is 4.05. The molecule has 0 fully saturated rings. The quantitative estimate of drug-likeness (QED) is 0.327. The summed E-state index contributed by atoms with van der Waals surface area (Å²) in [5, 5.41) is 11.9. The standard InChI is InChI=1S/C19H19NO6/c1-25-18(21)16(19(22)26-2)15(13-9-5-3-6-10-13)17(20(23)24)14-11-7-4-8-12-14/h3-12,15-17H,1-2H3/t15-,17+/m0/s1. The summed E-state index contributed by atoms with van der Waals surface area (Å²) in [5.41, 5.74) is 0.850. The summed E-state index contributed by atoms with van der Waals surface area (Å²) in [6, 6.07) is 15.3. The summed E-state index contributed by atoms with van der Waals surface area (Å²) in [7, 11) is 2.26. The van der Waals surface area contributed by atoms with Crippen LogP contribution in [0.4, 0.5) is 0 Å². The molecule has 0 unspecified atom stereocenters. The Morgan fingerprint density at radius 3 is 1.65 bits per heavy atom. The number of rotatable bonds is 7. The first-order valence-corrected chi connectivity index (χ1v) is 7.90. The Morgan fingerprint density at radius 1 is 0.846 bits per heavy atom. The van der Waals surface area contributed by atoms with Crippen molar-refractivity contribution < 1.29 is 24.0 Å². The van der Waals surface area contributed by atoms with Crippen LogP contribution < -0.4 is 0 Å². The maximum Gasteiger partial charge on any atom is 0.320 e. The number of methoxy groups -OCH3 is 2. The van der Waals surface area contributed by atoms with Gasteiger partial charge in [-0.25, -0.2) is 0 Å². The van der Waals surface area contributed by atoms with Gasteiger partial charge in [0.05, 0.1) is 20.1 Å². The molecule has 7 heteroatoms. The fourth-order valence-electron chi connectivity index (χ4n) is 2.99. The maximum absolute atomic E-state index is 12.3. The zero-order valence-electron chi connectivity index (χ0n) is 14.4. The maximum atomic E-state index is 12.3. The van der Waals surface area contributed by atoms with E-state index in [2.05, 4.69) is 0 Å². The minimum atomic E-state index is -1.47. The van der Waals surface area contributed by atoms with Gasteiger partial charge >= 0.3 is 11.9 Å². The Hall–Kier alpha value is -3.22. The van der Waals surface area contributed by atoms with Gasteiger partial charge in [0.15, 0.2) is 5.92 Å². The number of ether oxygens (including phenoxy) is 2. The highest BCUT2D eigenvalue weighted by atomic mass is 16.6. The van der Waals surface area contributed by atoms with Crippen molar-refractivity contribution in [2.75, 3.05) is 14.2 Å². The van der Waals surface area contributed by atoms with Gasteiger partial charge in [-0.2, -0.15) is 0 Å². The summed E-state index contributed by atoms with van der Waals surface area (Å²) in [4.78, 5) is 36.1. The van der Waals surface area contributed by atoms with Crippen molar-refractivity contribution in [3.63, 3.8) is 0 Å². The lowest BCUT2D eigenvalue weighted by atomic mass is 9.78. The molecule has 0 aliphatic rings. The summed E-state index contributed by atoms with van der Waals surface area (Å²) in [5.74, 6) is -4.32. The van der Waals surface area contributed by atoms with Crippen LogP contribution in [0.2, 0.25) is 0 Å². The second-order valence-corrected chi connectivity index (χ2v) is 5.60. The minimum Gasteiger partial charge on any atom is -0.468 e. The van der Waals surface area contributed by atoms with Gasteiger partial charge in [-0.05, 0) is 5.56 Å². The van der Waals surface area contributed by atoms with Crippen LogP contribution >= 0.6 is 0 Å². The SMILES string of the molecule is COC(=O)C(C(=O)OC)[C@H](c1ccccc1)[C@@H](c1ccccc1)[N+](=O)[O-]. The lowest BCUT2D eigenvalue weighted by Crippen LogP contribution is -2.37. The Balaban J connectivity index is 2.68. The van der Waals surface area contributed by atoms with E-state index in [4.69, 9.17) is 9.47 Å². The van der Waals surface area contributed by atoms with Crippen molar-refractivity contribution >= 4 is 11.9 Å². The topological polar surface area (TPSA) is 95.7 Å². The lowest BCUT2D eigenvalue weighted by molar-refractivity contribution is -0.534. The van der Waals surface area contributed by atoms with Crippen LogP contribution in [0.15, 0.2) is 60.7 Å². The van der Waals surface area contributed by atoms with Crippen molar-refractivity contribution in [2.45, 2.75) is 12.0 Å². The highest BCUT2D eigenvalue weighted by Crippen LogP contribution is 2.40. The molecular formula is C19H19NO6. The fourth-order valence-corrected chi connectivity index (χ4v) is 2.99. The molecule has 2 aromatic rings. The minimum absolute atomic E-state index is 0.379. The monoisotopic (exact) mass is 357 g/mol. The molecule has 0 saturated carbocycles. The van der Waals surface area contributed by atoms with Crippen molar-refractivity contribution in [3.8, 4) is 0 Å². The van der Waals surface area contributed by atoms with E-state index in [0.29, 0.717) is 11.1 Å². The lowest BCUT2D eigenvalue weighted by Gasteiger charge is -2.26. The van der Waals surface area contributed by atoms with Crippen LogP contribution in [0.3, 0.4) is 0 Å². The molecule has 0 amide bonds. The van der Waals surface area contributed by atoms with Crippen molar-refractivity contribution in [2.24, 2.45) is 5.92 Å². The van der Waals surface area contributed by atoms with Gasteiger partial charge < -0.3 is 9.47 Å². The number of benzene rings is 2. The fraction of sp³-hybridized carbons (Fsp3) is 0.263. The van der Waals surface area contributed by atoms with Crippen LogP contribution in [0.1, 0.15) is 23.1 Å². The molecule has 0 bridgehead atoms.